The van der Waals surface area contributed by atoms with Gasteiger partial charge in [-0.3, -0.25) is 9.69 Å². The van der Waals surface area contributed by atoms with E-state index < -0.39 is 0 Å². The van der Waals surface area contributed by atoms with E-state index >= 15 is 0 Å². The second-order valence-corrected chi connectivity index (χ2v) is 8.12. The number of nitrogens with zero attached hydrogens (tertiary/aromatic N) is 4. The molecule has 0 spiro atoms. The van der Waals surface area contributed by atoms with Gasteiger partial charge in [0.2, 0.25) is 5.89 Å². The lowest BCUT2D eigenvalue weighted by atomic mass is 9.97. The van der Waals surface area contributed by atoms with E-state index in [9.17, 15) is 4.79 Å². The van der Waals surface area contributed by atoms with Gasteiger partial charge in [0.25, 0.3) is 4.84 Å². The fourth-order valence-corrected chi connectivity index (χ4v) is 3.12. The molecule has 1 aromatic carbocycles. The highest BCUT2D eigenvalue weighted by Gasteiger charge is 2.23. The van der Waals surface area contributed by atoms with Crippen LogP contribution in [0.5, 0.6) is 0 Å². The van der Waals surface area contributed by atoms with Crippen LogP contribution in [0.3, 0.4) is 0 Å². The SMILES string of the molecule is CC(=O)c1ccc(N2CCN(Cn3nc(C(C)(C)C)oc3=S)CC2)cc1. The maximum absolute atomic E-state index is 11.4. The minimum Gasteiger partial charge on any atom is -0.413 e. The summed E-state index contributed by atoms with van der Waals surface area (Å²) >= 11 is 5.31. The van der Waals surface area contributed by atoms with Gasteiger partial charge in [0.15, 0.2) is 5.78 Å². The summed E-state index contributed by atoms with van der Waals surface area (Å²) in [4.78, 5) is 16.5. The number of carbonyl (C=O) groups is 1. The molecule has 1 saturated heterocycles. The fourth-order valence-electron chi connectivity index (χ4n) is 2.94. The molecule has 0 radical (unpaired) electrons. The van der Waals surface area contributed by atoms with Crippen molar-refractivity contribution >= 4 is 23.7 Å². The van der Waals surface area contributed by atoms with Crippen LogP contribution in [0.25, 0.3) is 0 Å². The molecule has 1 aliphatic rings. The lowest BCUT2D eigenvalue weighted by molar-refractivity contribution is 0.101. The monoisotopic (exact) mass is 374 g/mol. The highest BCUT2D eigenvalue weighted by molar-refractivity contribution is 7.71. The number of anilines is 1. The quantitative estimate of drug-likeness (QED) is 0.603. The average molecular weight is 375 g/mol. The molecule has 0 amide bonds. The first-order chi connectivity index (χ1) is 12.2. The molecule has 1 aliphatic heterocycles. The highest BCUT2D eigenvalue weighted by atomic mass is 32.1. The third-order valence-corrected chi connectivity index (χ3v) is 4.89. The second-order valence-electron chi connectivity index (χ2n) is 7.77. The number of aromatic nitrogens is 2. The van der Waals surface area contributed by atoms with E-state index in [1.54, 1.807) is 11.6 Å². The van der Waals surface area contributed by atoms with Crippen LogP contribution in [-0.4, -0.2) is 46.6 Å². The molecule has 0 saturated carbocycles. The Bertz CT molecular complexity index is 824. The molecule has 0 N–H and O–H groups in total. The molecule has 2 aromatic rings. The Balaban J connectivity index is 1.60. The van der Waals surface area contributed by atoms with Crippen LogP contribution in [0.4, 0.5) is 5.69 Å². The van der Waals surface area contributed by atoms with Crippen molar-refractivity contribution in [3.63, 3.8) is 0 Å². The van der Waals surface area contributed by atoms with Crippen molar-refractivity contribution in [1.29, 1.82) is 0 Å². The molecule has 0 atom stereocenters. The van der Waals surface area contributed by atoms with Crippen molar-refractivity contribution in [2.24, 2.45) is 0 Å². The van der Waals surface area contributed by atoms with Crippen molar-refractivity contribution in [3.8, 4) is 0 Å². The van der Waals surface area contributed by atoms with Gasteiger partial charge in [0, 0.05) is 42.8 Å². The minimum atomic E-state index is -0.149. The summed E-state index contributed by atoms with van der Waals surface area (Å²) in [5.74, 6) is 0.770. The van der Waals surface area contributed by atoms with E-state index in [2.05, 4.69) is 35.7 Å². The molecule has 0 unspecified atom stereocenters. The molecule has 6 nitrogen and oxygen atoms in total. The van der Waals surface area contributed by atoms with Crippen LogP contribution < -0.4 is 4.90 Å². The first-order valence-corrected chi connectivity index (χ1v) is 9.31. The van der Waals surface area contributed by atoms with Crippen LogP contribution in [0.2, 0.25) is 0 Å². The first kappa shape index (κ1) is 18.8. The summed E-state index contributed by atoms with van der Waals surface area (Å²) in [6, 6.07) is 7.84. The Labute approximate surface area is 159 Å². The third-order valence-electron chi connectivity index (χ3n) is 4.59. The number of carbonyl (C=O) groups excluding carboxylic acids is 1. The number of hydrogen-bond acceptors (Lipinski definition) is 6. The molecule has 140 valence electrons. The molecule has 3 rings (SSSR count). The number of rotatable bonds is 4. The summed E-state index contributed by atoms with van der Waals surface area (Å²) < 4.78 is 7.41. The molecule has 1 fully saturated rings. The van der Waals surface area contributed by atoms with Crippen molar-refractivity contribution < 1.29 is 9.21 Å². The van der Waals surface area contributed by atoms with Crippen LogP contribution in [0, 0.1) is 4.84 Å². The van der Waals surface area contributed by atoms with Crippen molar-refractivity contribution in [2.45, 2.75) is 39.8 Å². The standard InChI is InChI=1S/C19H26N4O2S/c1-14(24)15-5-7-16(8-6-15)22-11-9-21(10-12-22)13-23-18(26)25-17(20-23)19(2,3)4/h5-8H,9-13H2,1-4H3. The Hall–Kier alpha value is -1.99. The maximum Gasteiger partial charge on any atom is 0.288 e. The summed E-state index contributed by atoms with van der Waals surface area (Å²) in [6.07, 6.45) is 0. The Morgan fingerprint density at radius 3 is 2.27 bits per heavy atom. The number of piperazine rings is 1. The summed E-state index contributed by atoms with van der Waals surface area (Å²) in [6.45, 7) is 12.1. The van der Waals surface area contributed by atoms with E-state index in [1.165, 1.54) is 0 Å². The molecule has 7 heteroatoms. The van der Waals surface area contributed by atoms with Gasteiger partial charge >= 0.3 is 0 Å². The van der Waals surface area contributed by atoms with Gasteiger partial charge in [-0.15, -0.1) is 5.10 Å². The average Bonchev–Trinajstić information content (AvgIpc) is 2.97. The van der Waals surface area contributed by atoms with Gasteiger partial charge in [-0.25, -0.2) is 4.68 Å². The van der Waals surface area contributed by atoms with Crippen molar-refractivity contribution in [2.75, 3.05) is 31.1 Å². The van der Waals surface area contributed by atoms with Crippen molar-refractivity contribution in [1.82, 2.24) is 14.7 Å². The van der Waals surface area contributed by atoms with Gasteiger partial charge in [0.1, 0.15) is 0 Å². The van der Waals surface area contributed by atoms with Gasteiger partial charge in [-0.05, 0) is 43.4 Å². The smallest absolute Gasteiger partial charge is 0.288 e. The predicted molar refractivity (Wildman–Crippen MR) is 104 cm³/mol. The van der Waals surface area contributed by atoms with E-state index in [1.807, 2.05) is 24.3 Å². The van der Waals surface area contributed by atoms with Gasteiger partial charge in [0.05, 0.1) is 6.67 Å². The predicted octanol–water partition coefficient (Wildman–Crippen LogP) is 3.49. The lowest BCUT2D eigenvalue weighted by Crippen LogP contribution is -2.47. The van der Waals surface area contributed by atoms with E-state index in [0.29, 0.717) is 17.4 Å². The van der Waals surface area contributed by atoms with Crippen LogP contribution in [-0.2, 0) is 12.1 Å². The number of benzene rings is 1. The normalized spacial score (nSPS) is 16.1. The molecule has 0 bridgehead atoms. The molecular weight excluding hydrogens is 348 g/mol. The summed E-state index contributed by atoms with van der Waals surface area (Å²) in [5, 5.41) is 4.54. The van der Waals surface area contributed by atoms with Gasteiger partial charge in [-0.1, -0.05) is 20.8 Å². The van der Waals surface area contributed by atoms with Crippen LogP contribution >= 0.6 is 12.2 Å². The molecule has 2 heterocycles. The second kappa shape index (κ2) is 7.32. The zero-order valence-corrected chi connectivity index (χ0v) is 16.7. The molecule has 26 heavy (non-hydrogen) atoms. The van der Waals surface area contributed by atoms with Crippen molar-refractivity contribution in [3.05, 3.63) is 40.6 Å². The fraction of sp³-hybridized carbons (Fsp3) is 0.526. The summed E-state index contributed by atoms with van der Waals surface area (Å²) in [5.41, 5.74) is 1.76. The van der Waals surface area contributed by atoms with Crippen LogP contribution in [0.15, 0.2) is 28.7 Å². The molecule has 0 aliphatic carbocycles. The zero-order chi connectivity index (χ0) is 18.9. The number of hydrogen-bond donors (Lipinski definition) is 0. The van der Waals surface area contributed by atoms with E-state index in [-0.39, 0.29) is 11.2 Å². The Kier molecular flexibility index (Phi) is 5.29. The van der Waals surface area contributed by atoms with E-state index in [0.717, 1.165) is 37.4 Å². The van der Waals surface area contributed by atoms with Gasteiger partial charge in [-0.2, -0.15) is 0 Å². The zero-order valence-electron chi connectivity index (χ0n) is 15.9. The molecular formula is C19H26N4O2S. The topological polar surface area (TPSA) is 54.5 Å². The number of ketones is 1. The summed E-state index contributed by atoms with van der Waals surface area (Å²) in [7, 11) is 0. The first-order valence-electron chi connectivity index (χ1n) is 8.91. The third kappa shape index (κ3) is 4.22. The minimum absolute atomic E-state index is 0.0975. The van der Waals surface area contributed by atoms with E-state index in [4.69, 9.17) is 16.6 Å². The Morgan fingerprint density at radius 2 is 1.77 bits per heavy atom. The molecule has 1 aromatic heterocycles. The van der Waals surface area contributed by atoms with Crippen LogP contribution in [0.1, 0.15) is 43.9 Å². The maximum atomic E-state index is 11.4. The Morgan fingerprint density at radius 1 is 1.15 bits per heavy atom. The lowest BCUT2D eigenvalue weighted by Gasteiger charge is -2.35. The van der Waals surface area contributed by atoms with Gasteiger partial charge < -0.3 is 9.32 Å². The highest BCUT2D eigenvalue weighted by Crippen LogP contribution is 2.21. The largest absolute Gasteiger partial charge is 0.413 e. The number of Topliss-reactive ketones (excluding diaryl/α,β-unsaturated/α-hetero) is 1.